The molecule has 0 fully saturated rings. The zero-order valence-electron chi connectivity index (χ0n) is 18.0. The number of aromatic nitrogens is 4. The first-order chi connectivity index (χ1) is 15.4. The quantitative estimate of drug-likeness (QED) is 0.537. The van der Waals surface area contributed by atoms with Crippen molar-refractivity contribution in [2.45, 2.75) is 19.4 Å². The minimum atomic E-state index is -0.677. The fourth-order valence-electron chi connectivity index (χ4n) is 4.16. The number of imidazole rings is 2. The average Bonchev–Trinajstić information content (AvgIpc) is 3.45. The van der Waals surface area contributed by atoms with E-state index >= 15 is 0 Å². The van der Waals surface area contributed by atoms with Gasteiger partial charge in [0, 0.05) is 6.20 Å². The number of benzene rings is 2. The molecule has 0 aliphatic carbocycles. The van der Waals surface area contributed by atoms with E-state index in [4.69, 9.17) is 4.74 Å². The first kappa shape index (κ1) is 20.0. The molecule has 0 amide bonds. The van der Waals surface area contributed by atoms with Crippen molar-refractivity contribution in [3.63, 3.8) is 0 Å². The molecular weight excluding hydrogens is 409 g/mol. The number of hydrogen-bond acceptors (Lipinski definition) is 4. The predicted octanol–water partition coefficient (Wildman–Crippen LogP) is 2.04. The summed E-state index contributed by atoms with van der Waals surface area (Å²) in [5.74, 6) is 0.349. The van der Waals surface area contributed by atoms with Gasteiger partial charge in [-0.25, -0.2) is 14.4 Å². The number of hydrogen-bond donors (Lipinski definition) is 1. The number of halogens is 1. The second-order valence-electron chi connectivity index (χ2n) is 8.10. The predicted molar refractivity (Wildman–Crippen MR) is 118 cm³/mol. The molecule has 1 aliphatic rings. The zero-order chi connectivity index (χ0) is 22.5. The van der Waals surface area contributed by atoms with Gasteiger partial charge in [-0.05, 0) is 55.3 Å². The standard InChI is InChI=1S/C24H22FN5O2/c1-15-12-29(14-27-15)20-9-4-16(11-21(20)32-3)10-19-22(31)30-23(28-19)26-13-24(30,2)17-5-7-18(25)8-6-17/h4-12,14H,13H2,1-3H3,(H,26,28). The number of nitrogens with zero attached hydrogens (tertiary/aromatic N) is 4. The molecule has 0 bridgehead atoms. The minimum absolute atomic E-state index is 0.179. The smallest absolute Gasteiger partial charge is 0.277 e. The van der Waals surface area contributed by atoms with Crippen LogP contribution < -0.4 is 21.3 Å². The van der Waals surface area contributed by atoms with Gasteiger partial charge in [-0.1, -0.05) is 18.2 Å². The third kappa shape index (κ3) is 3.15. The van der Waals surface area contributed by atoms with Crippen molar-refractivity contribution in [2.75, 3.05) is 13.7 Å². The van der Waals surface area contributed by atoms with Gasteiger partial charge in [0.25, 0.3) is 5.56 Å². The van der Waals surface area contributed by atoms with E-state index in [2.05, 4.69) is 15.0 Å². The maximum Gasteiger partial charge on any atom is 0.277 e. The number of ether oxygens (including phenoxy) is 1. The second kappa shape index (κ2) is 7.33. The van der Waals surface area contributed by atoms with Crippen LogP contribution in [-0.4, -0.2) is 32.8 Å². The van der Waals surface area contributed by atoms with Gasteiger partial charge < -0.3 is 14.3 Å². The van der Waals surface area contributed by atoms with Gasteiger partial charge >= 0.3 is 0 Å². The highest BCUT2D eigenvalue weighted by atomic mass is 19.1. The maximum atomic E-state index is 13.4. The summed E-state index contributed by atoms with van der Waals surface area (Å²) >= 11 is 0. The third-order valence-electron chi connectivity index (χ3n) is 5.89. The Hall–Kier alpha value is -3.94. The molecule has 0 saturated carbocycles. The summed E-state index contributed by atoms with van der Waals surface area (Å²) in [7, 11) is 1.61. The summed E-state index contributed by atoms with van der Waals surface area (Å²) in [5, 5.41) is 0.421. The lowest BCUT2D eigenvalue weighted by Crippen LogP contribution is -2.44. The third-order valence-corrected chi connectivity index (χ3v) is 5.89. The molecule has 162 valence electrons. The van der Waals surface area contributed by atoms with Crippen molar-refractivity contribution in [1.29, 1.82) is 0 Å². The molecule has 0 saturated heterocycles. The van der Waals surface area contributed by atoms with E-state index in [0.29, 0.717) is 23.3 Å². The number of rotatable bonds is 4. The normalized spacial score (nSPS) is 17.9. The van der Waals surface area contributed by atoms with E-state index in [0.717, 1.165) is 22.5 Å². The van der Waals surface area contributed by atoms with Crippen molar-refractivity contribution in [1.82, 2.24) is 19.1 Å². The molecule has 8 heteroatoms. The Balaban J connectivity index is 1.58. The molecule has 4 aromatic rings. The summed E-state index contributed by atoms with van der Waals surface area (Å²) in [5.41, 5.74) is 3.05. The van der Waals surface area contributed by atoms with Crippen LogP contribution in [-0.2, 0) is 5.54 Å². The number of H-pyrrole nitrogens is 1. The fourth-order valence-corrected chi connectivity index (χ4v) is 4.16. The molecule has 1 unspecified atom stereocenters. The van der Waals surface area contributed by atoms with Crippen molar-refractivity contribution < 1.29 is 9.13 Å². The van der Waals surface area contributed by atoms with E-state index in [9.17, 15) is 9.18 Å². The first-order valence-corrected chi connectivity index (χ1v) is 10.2. The van der Waals surface area contributed by atoms with Crippen LogP contribution in [0.15, 0.2) is 64.8 Å². The molecule has 2 aromatic carbocycles. The number of methoxy groups -OCH3 is 1. The van der Waals surface area contributed by atoms with Crippen LogP contribution in [0.4, 0.5) is 4.39 Å². The van der Waals surface area contributed by atoms with Gasteiger partial charge in [0.2, 0.25) is 5.62 Å². The van der Waals surface area contributed by atoms with E-state index in [1.165, 1.54) is 12.1 Å². The van der Waals surface area contributed by atoms with Gasteiger partial charge in [0.15, 0.2) is 0 Å². The van der Waals surface area contributed by atoms with Crippen LogP contribution in [0.3, 0.4) is 0 Å². The van der Waals surface area contributed by atoms with Gasteiger partial charge in [-0.3, -0.25) is 9.36 Å². The molecule has 5 rings (SSSR count). The molecule has 0 spiro atoms. The lowest BCUT2D eigenvalue weighted by Gasteiger charge is -2.25. The topological polar surface area (TPSA) is 77.2 Å². The molecule has 2 aromatic heterocycles. The monoisotopic (exact) mass is 431 g/mol. The van der Waals surface area contributed by atoms with Gasteiger partial charge in [0.05, 0.1) is 36.9 Å². The van der Waals surface area contributed by atoms with Gasteiger partial charge in [-0.2, -0.15) is 0 Å². The number of aryl methyl sites for hydroxylation is 1. The van der Waals surface area contributed by atoms with Crippen LogP contribution in [0.25, 0.3) is 11.8 Å². The Morgan fingerprint density at radius 3 is 2.69 bits per heavy atom. The lowest BCUT2D eigenvalue weighted by atomic mass is 9.92. The highest BCUT2D eigenvalue weighted by molar-refractivity contribution is 5.58. The molecule has 7 nitrogen and oxygen atoms in total. The second-order valence-corrected chi connectivity index (χ2v) is 8.10. The van der Waals surface area contributed by atoms with Gasteiger partial charge in [0.1, 0.15) is 16.9 Å². The van der Waals surface area contributed by atoms with E-state index in [-0.39, 0.29) is 11.4 Å². The van der Waals surface area contributed by atoms with Crippen LogP contribution in [0.5, 0.6) is 5.75 Å². The Kier molecular flexibility index (Phi) is 4.58. The number of nitrogens with one attached hydrogen (secondary N) is 1. The average molecular weight is 431 g/mol. The van der Waals surface area contributed by atoms with Crippen LogP contribution in [0.2, 0.25) is 0 Å². The first-order valence-electron chi connectivity index (χ1n) is 10.2. The van der Waals surface area contributed by atoms with Crippen molar-refractivity contribution >= 4 is 6.08 Å². The molecule has 32 heavy (non-hydrogen) atoms. The highest BCUT2D eigenvalue weighted by Crippen LogP contribution is 2.27. The van der Waals surface area contributed by atoms with Gasteiger partial charge in [-0.15, -0.1) is 0 Å². The summed E-state index contributed by atoms with van der Waals surface area (Å²) in [6, 6.07) is 11.9. The maximum absolute atomic E-state index is 13.4. The molecule has 1 N–H and O–H groups in total. The van der Waals surface area contributed by atoms with Crippen LogP contribution >= 0.6 is 0 Å². The number of aromatic amines is 1. The molecule has 0 radical (unpaired) electrons. The Morgan fingerprint density at radius 1 is 1.22 bits per heavy atom. The van der Waals surface area contributed by atoms with Crippen LogP contribution in [0.1, 0.15) is 23.7 Å². The Morgan fingerprint density at radius 2 is 2.00 bits per heavy atom. The lowest BCUT2D eigenvalue weighted by molar-refractivity contribution is 0.413. The summed E-state index contributed by atoms with van der Waals surface area (Å²) in [6.45, 7) is 4.27. The van der Waals surface area contributed by atoms with E-state index < -0.39 is 5.54 Å². The summed E-state index contributed by atoms with van der Waals surface area (Å²) in [6.07, 6.45) is 5.43. The summed E-state index contributed by atoms with van der Waals surface area (Å²) in [4.78, 5) is 25.2. The molecule has 1 atom stereocenters. The summed E-state index contributed by atoms with van der Waals surface area (Å²) < 4.78 is 22.5. The van der Waals surface area contributed by atoms with Crippen molar-refractivity contribution in [3.8, 4) is 11.4 Å². The molecule has 3 heterocycles. The zero-order valence-corrected chi connectivity index (χ0v) is 18.0. The van der Waals surface area contributed by atoms with Crippen molar-refractivity contribution in [3.05, 3.63) is 98.9 Å². The fraction of sp³-hybridized carbons (Fsp3) is 0.208. The largest absolute Gasteiger partial charge is 0.495 e. The molecule has 1 aliphatic heterocycles. The van der Waals surface area contributed by atoms with Crippen LogP contribution in [0, 0.1) is 12.7 Å². The SMILES string of the molecule is COc1cc(C=c2[nH]c3n(c2=O)C(C)(c2ccc(F)cc2)CN=3)ccc1-n1cnc(C)c1. The van der Waals surface area contributed by atoms with Crippen molar-refractivity contribution in [2.24, 2.45) is 4.99 Å². The minimum Gasteiger partial charge on any atom is -0.495 e. The molecular formula is C24H22FN5O2. The Bertz CT molecular complexity index is 1500. The number of fused-ring (bicyclic) bond motifs is 1. The van der Waals surface area contributed by atoms with E-state index in [1.807, 2.05) is 42.8 Å². The highest BCUT2D eigenvalue weighted by Gasteiger charge is 2.35. The van der Waals surface area contributed by atoms with E-state index in [1.54, 1.807) is 36.2 Å². The Labute approximate surface area is 183 Å².